The van der Waals surface area contributed by atoms with Crippen molar-refractivity contribution in [1.82, 2.24) is 9.71 Å². The fourth-order valence-electron chi connectivity index (χ4n) is 1.70. The maximum atomic E-state index is 12.2. The summed E-state index contributed by atoms with van der Waals surface area (Å²) in [6, 6.07) is 6.74. The fourth-order valence-corrected chi connectivity index (χ4v) is 3.79. The molecule has 108 valence electrons. The molecule has 2 heterocycles. The van der Waals surface area contributed by atoms with Crippen molar-refractivity contribution >= 4 is 27.2 Å². The average Bonchev–Trinajstić information content (AvgIpc) is 2.91. The summed E-state index contributed by atoms with van der Waals surface area (Å²) in [4.78, 5) is 5.06. The van der Waals surface area contributed by atoms with Gasteiger partial charge in [-0.2, -0.15) is 0 Å². The van der Waals surface area contributed by atoms with Gasteiger partial charge in [0, 0.05) is 29.1 Å². The minimum atomic E-state index is -3.57. The highest BCUT2D eigenvalue weighted by molar-refractivity contribution is 7.89. The van der Waals surface area contributed by atoms with Gasteiger partial charge in [-0.15, -0.1) is 11.3 Å². The second kappa shape index (κ2) is 5.51. The first-order chi connectivity index (χ1) is 9.31. The fraction of sp³-hybridized carbons (Fsp3) is 0.308. The lowest BCUT2D eigenvalue weighted by atomic mass is 9.92. The molecule has 0 radical (unpaired) electrons. The Hall–Kier alpha value is -1.44. The van der Waals surface area contributed by atoms with Gasteiger partial charge >= 0.3 is 0 Å². The number of rotatable bonds is 5. The van der Waals surface area contributed by atoms with Crippen LogP contribution in [0.5, 0.6) is 0 Å². The van der Waals surface area contributed by atoms with E-state index < -0.39 is 10.0 Å². The van der Waals surface area contributed by atoms with E-state index in [1.165, 1.54) is 18.3 Å². The van der Waals surface area contributed by atoms with Crippen LogP contribution >= 0.6 is 11.3 Å². The molecule has 0 saturated carbocycles. The van der Waals surface area contributed by atoms with E-state index in [1.807, 2.05) is 31.4 Å². The van der Waals surface area contributed by atoms with Gasteiger partial charge in [-0.3, -0.25) is 0 Å². The van der Waals surface area contributed by atoms with Gasteiger partial charge in [0.05, 0.1) is 4.90 Å². The monoisotopic (exact) mass is 311 g/mol. The Morgan fingerprint density at radius 1 is 1.40 bits per heavy atom. The Labute approximate surface area is 122 Å². The van der Waals surface area contributed by atoms with Crippen LogP contribution in [0.1, 0.15) is 18.7 Å². The number of aromatic nitrogens is 1. The van der Waals surface area contributed by atoms with Crippen LogP contribution in [0, 0.1) is 0 Å². The molecular weight excluding hydrogens is 294 g/mol. The van der Waals surface area contributed by atoms with E-state index >= 15 is 0 Å². The van der Waals surface area contributed by atoms with Crippen molar-refractivity contribution in [2.45, 2.75) is 24.2 Å². The summed E-state index contributed by atoms with van der Waals surface area (Å²) in [5.74, 6) is 0.186. The van der Waals surface area contributed by atoms with Crippen LogP contribution < -0.4 is 10.5 Å². The zero-order chi connectivity index (χ0) is 14.8. The highest BCUT2D eigenvalue weighted by Gasteiger charge is 2.25. The summed E-state index contributed by atoms with van der Waals surface area (Å²) in [5.41, 5.74) is 5.25. The van der Waals surface area contributed by atoms with E-state index in [1.54, 1.807) is 11.3 Å². The quantitative estimate of drug-likeness (QED) is 0.884. The van der Waals surface area contributed by atoms with Crippen LogP contribution in [-0.4, -0.2) is 19.9 Å². The van der Waals surface area contributed by atoms with E-state index in [0.29, 0.717) is 6.54 Å². The summed E-state index contributed by atoms with van der Waals surface area (Å²) < 4.78 is 27.0. The van der Waals surface area contributed by atoms with Crippen LogP contribution in [0.15, 0.2) is 40.7 Å². The smallest absolute Gasteiger partial charge is 0.240 e. The van der Waals surface area contributed by atoms with Crippen molar-refractivity contribution in [3.05, 3.63) is 40.7 Å². The SMILES string of the molecule is CC(C)(CNS(=O)(=O)c1ccnc(N)c1)c1cccs1. The predicted molar refractivity (Wildman–Crippen MR) is 81.2 cm³/mol. The van der Waals surface area contributed by atoms with Gasteiger partial charge in [0.15, 0.2) is 0 Å². The summed E-state index contributed by atoms with van der Waals surface area (Å²) >= 11 is 1.61. The molecule has 0 fully saturated rings. The highest BCUT2D eigenvalue weighted by Crippen LogP contribution is 2.27. The molecular formula is C13H17N3O2S2. The van der Waals surface area contributed by atoms with Crippen LogP contribution in [-0.2, 0) is 15.4 Å². The van der Waals surface area contributed by atoms with Crippen molar-refractivity contribution in [1.29, 1.82) is 0 Å². The van der Waals surface area contributed by atoms with E-state index in [4.69, 9.17) is 5.73 Å². The zero-order valence-corrected chi connectivity index (χ0v) is 13.0. The lowest BCUT2D eigenvalue weighted by Crippen LogP contribution is -2.36. The van der Waals surface area contributed by atoms with Gasteiger partial charge < -0.3 is 5.73 Å². The molecule has 0 spiro atoms. The standard InChI is InChI=1S/C13H17N3O2S2/c1-13(2,11-4-3-7-19-11)9-16-20(17,18)10-5-6-15-12(14)8-10/h3-8,16H,9H2,1-2H3,(H2,14,15). The first-order valence-corrected chi connectivity index (χ1v) is 8.43. The van der Waals surface area contributed by atoms with E-state index in [0.717, 1.165) is 4.88 Å². The van der Waals surface area contributed by atoms with Crippen LogP contribution in [0.2, 0.25) is 0 Å². The van der Waals surface area contributed by atoms with Crippen molar-refractivity contribution in [3.8, 4) is 0 Å². The maximum absolute atomic E-state index is 12.2. The summed E-state index contributed by atoms with van der Waals surface area (Å²) in [5, 5.41) is 1.98. The molecule has 0 bridgehead atoms. The topological polar surface area (TPSA) is 85.1 Å². The molecule has 0 aliphatic heterocycles. The predicted octanol–water partition coefficient (Wildman–Crippen LogP) is 1.98. The molecule has 0 atom stereocenters. The number of sulfonamides is 1. The lowest BCUT2D eigenvalue weighted by molar-refractivity contribution is 0.509. The number of nitrogens with one attached hydrogen (secondary N) is 1. The van der Waals surface area contributed by atoms with Gasteiger partial charge in [-0.05, 0) is 17.5 Å². The van der Waals surface area contributed by atoms with Gasteiger partial charge in [0.2, 0.25) is 10.0 Å². The molecule has 2 aromatic heterocycles. The second-order valence-electron chi connectivity index (χ2n) is 5.10. The number of nitrogen functional groups attached to an aromatic ring is 1. The van der Waals surface area contributed by atoms with Crippen molar-refractivity contribution in [2.75, 3.05) is 12.3 Å². The molecule has 5 nitrogen and oxygen atoms in total. The zero-order valence-electron chi connectivity index (χ0n) is 11.3. The number of thiophene rings is 1. The number of pyridine rings is 1. The average molecular weight is 311 g/mol. The highest BCUT2D eigenvalue weighted by atomic mass is 32.2. The number of hydrogen-bond acceptors (Lipinski definition) is 5. The Morgan fingerprint density at radius 3 is 2.75 bits per heavy atom. The van der Waals surface area contributed by atoms with Crippen LogP contribution in [0.4, 0.5) is 5.82 Å². The molecule has 20 heavy (non-hydrogen) atoms. The number of hydrogen-bond donors (Lipinski definition) is 2. The van der Waals surface area contributed by atoms with Crippen LogP contribution in [0.25, 0.3) is 0 Å². The van der Waals surface area contributed by atoms with Crippen molar-refractivity contribution < 1.29 is 8.42 Å². The molecule has 0 amide bonds. The van der Waals surface area contributed by atoms with E-state index in [-0.39, 0.29) is 16.1 Å². The van der Waals surface area contributed by atoms with Gasteiger partial charge in [-0.25, -0.2) is 18.1 Å². The van der Waals surface area contributed by atoms with Gasteiger partial charge in [0.25, 0.3) is 0 Å². The molecule has 7 heteroatoms. The van der Waals surface area contributed by atoms with Gasteiger partial charge in [-0.1, -0.05) is 19.9 Å². The third-order valence-electron chi connectivity index (χ3n) is 2.96. The number of nitrogens with zero attached hydrogens (tertiary/aromatic N) is 1. The summed E-state index contributed by atoms with van der Waals surface area (Å²) in [6.45, 7) is 4.32. The summed E-state index contributed by atoms with van der Waals surface area (Å²) in [7, 11) is -3.57. The van der Waals surface area contributed by atoms with Crippen LogP contribution in [0.3, 0.4) is 0 Å². The Balaban J connectivity index is 2.14. The number of anilines is 1. The van der Waals surface area contributed by atoms with Crippen molar-refractivity contribution in [2.24, 2.45) is 0 Å². The molecule has 0 saturated heterocycles. The minimum absolute atomic E-state index is 0.131. The van der Waals surface area contributed by atoms with E-state index in [9.17, 15) is 8.42 Å². The van der Waals surface area contributed by atoms with Gasteiger partial charge in [0.1, 0.15) is 5.82 Å². The Bertz CT molecular complexity index is 679. The minimum Gasteiger partial charge on any atom is -0.384 e. The molecule has 0 aliphatic carbocycles. The van der Waals surface area contributed by atoms with Crippen molar-refractivity contribution in [3.63, 3.8) is 0 Å². The number of nitrogens with two attached hydrogens (primary N) is 1. The third kappa shape index (κ3) is 3.36. The van der Waals surface area contributed by atoms with E-state index in [2.05, 4.69) is 9.71 Å². The first-order valence-electron chi connectivity index (χ1n) is 6.06. The Morgan fingerprint density at radius 2 is 2.15 bits per heavy atom. The molecule has 0 aliphatic rings. The Kier molecular flexibility index (Phi) is 4.12. The molecule has 0 aromatic carbocycles. The molecule has 2 rings (SSSR count). The first kappa shape index (κ1) is 15.0. The largest absolute Gasteiger partial charge is 0.384 e. The third-order valence-corrected chi connectivity index (χ3v) is 5.59. The lowest BCUT2D eigenvalue weighted by Gasteiger charge is -2.23. The summed E-state index contributed by atoms with van der Waals surface area (Å²) in [6.07, 6.45) is 1.38. The molecule has 0 unspecified atom stereocenters. The normalized spacial score (nSPS) is 12.5. The second-order valence-corrected chi connectivity index (χ2v) is 7.82. The molecule has 3 N–H and O–H groups in total. The maximum Gasteiger partial charge on any atom is 0.240 e. The molecule has 2 aromatic rings.